The van der Waals surface area contributed by atoms with E-state index >= 15 is 0 Å². The smallest absolute Gasteiger partial charge is 0.324 e. The van der Waals surface area contributed by atoms with Gasteiger partial charge in [-0.15, -0.1) is 0 Å². The number of ether oxygens (including phenoxy) is 2. The van der Waals surface area contributed by atoms with E-state index in [1.165, 1.54) is 62.6 Å². The highest BCUT2D eigenvalue weighted by atomic mass is 32.2. The number of halogens is 1. The molecule has 0 fully saturated rings. The molecule has 11 nitrogen and oxygen atoms in total. The van der Waals surface area contributed by atoms with Crippen LogP contribution >= 0.6 is 0 Å². The molecular weight excluding hydrogens is 455 g/mol. The van der Waals surface area contributed by atoms with Crippen LogP contribution in [0, 0.1) is 5.82 Å². The number of methoxy groups -OCH3 is 1. The summed E-state index contributed by atoms with van der Waals surface area (Å²) in [4.78, 5) is 24.1. The van der Waals surface area contributed by atoms with Gasteiger partial charge in [-0.25, -0.2) is 12.8 Å². The molecular formula is C20H21FN6O5S. The van der Waals surface area contributed by atoms with Crippen LogP contribution in [0.4, 0.5) is 22.0 Å². The molecule has 1 heterocycles. The van der Waals surface area contributed by atoms with Gasteiger partial charge in [0.15, 0.2) is 12.4 Å². The van der Waals surface area contributed by atoms with Gasteiger partial charge in [-0.05, 0) is 55.5 Å². The molecule has 33 heavy (non-hydrogen) atoms. The number of benzene rings is 2. The first-order chi connectivity index (χ1) is 15.7. The number of esters is 1. The third kappa shape index (κ3) is 6.57. The van der Waals surface area contributed by atoms with Crippen molar-refractivity contribution in [2.75, 3.05) is 18.2 Å². The van der Waals surface area contributed by atoms with Gasteiger partial charge in [0.25, 0.3) is 0 Å². The molecule has 3 rings (SSSR count). The molecule has 0 aliphatic rings. The molecule has 0 aliphatic carbocycles. The molecule has 0 radical (unpaired) electrons. The lowest BCUT2D eigenvalue weighted by atomic mass is 10.3. The lowest BCUT2D eigenvalue weighted by Crippen LogP contribution is -2.39. The second kappa shape index (κ2) is 10.2. The number of hydrogen-bond acceptors (Lipinski definition) is 10. The van der Waals surface area contributed by atoms with Gasteiger partial charge < -0.3 is 20.5 Å². The lowest BCUT2D eigenvalue weighted by Gasteiger charge is -2.14. The highest BCUT2D eigenvalue weighted by Gasteiger charge is 2.23. The van der Waals surface area contributed by atoms with E-state index < -0.39 is 27.9 Å². The molecule has 4 N–H and O–H groups in total. The van der Waals surface area contributed by atoms with Crippen molar-refractivity contribution in [1.29, 1.82) is 0 Å². The Balaban J connectivity index is 1.61. The number of nitrogens with two attached hydrogens (primary N) is 1. The van der Waals surface area contributed by atoms with Crippen molar-refractivity contribution in [2.45, 2.75) is 24.5 Å². The summed E-state index contributed by atoms with van der Waals surface area (Å²) >= 11 is 0. The third-order valence-electron chi connectivity index (χ3n) is 4.20. The average molecular weight is 476 g/mol. The molecule has 0 saturated heterocycles. The van der Waals surface area contributed by atoms with Gasteiger partial charge in [0, 0.05) is 5.69 Å². The zero-order valence-corrected chi connectivity index (χ0v) is 18.5. The van der Waals surface area contributed by atoms with Gasteiger partial charge in [-0.2, -0.15) is 19.7 Å². The third-order valence-corrected chi connectivity index (χ3v) is 5.75. The number of rotatable bonds is 9. The van der Waals surface area contributed by atoms with Gasteiger partial charge in [0.1, 0.15) is 17.6 Å². The Morgan fingerprint density at radius 3 is 2.39 bits per heavy atom. The van der Waals surface area contributed by atoms with Gasteiger partial charge in [0.2, 0.25) is 21.9 Å². The van der Waals surface area contributed by atoms with E-state index in [0.717, 1.165) is 0 Å². The van der Waals surface area contributed by atoms with Crippen LogP contribution in [0.2, 0.25) is 0 Å². The van der Waals surface area contributed by atoms with Crippen molar-refractivity contribution in [3.63, 3.8) is 0 Å². The van der Waals surface area contributed by atoms with E-state index in [1.54, 1.807) is 0 Å². The van der Waals surface area contributed by atoms with E-state index in [1.807, 2.05) is 0 Å². The number of nitrogen functional groups attached to an aromatic ring is 1. The molecule has 174 valence electrons. The van der Waals surface area contributed by atoms with Crippen molar-refractivity contribution in [3.05, 3.63) is 60.2 Å². The van der Waals surface area contributed by atoms with Crippen molar-refractivity contribution in [3.8, 4) is 5.75 Å². The van der Waals surface area contributed by atoms with Gasteiger partial charge in [-0.3, -0.25) is 4.79 Å². The number of carbonyl (C=O) groups is 1. The van der Waals surface area contributed by atoms with Crippen molar-refractivity contribution in [1.82, 2.24) is 19.7 Å². The van der Waals surface area contributed by atoms with E-state index in [4.69, 9.17) is 15.2 Å². The number of nitrogens with zero attached hydrogens (tertiary/aromatic N) is 3. The maximum atomic E-state index is 13.0. The summed E-state index contributed by atoms with van der Waals surface area (Å²) in [6, 6.07) is 9.95. The maximum absolute atomic E-state index is 13.0. The fraction of sp³-hybridized carbons (Fsp3) is 0.200. The largest absolute Gasteiger partial charge is 0.497 e. The molecule has 1 aromatic heterocycles. The zero-order chi connectivity index (χ0) is 24.0. The molecule has 1 atom stereocenters. The Labute approximate surface area is 189 Å². The fourth-order valence-electron chi connectivity index (χ4n) is 2.59. The summed E-state index contributed by atoms with van der Waals surface area (Å²) in [6.45, 7) is 0.963. The Hall–Kier alpha value is -3.84. The van der Waals surface area contributed by atoms with E-state index in [0.29, 0.717) is 11.4 Å². The van der Waals surface area contributed by atoms with Crippen LogP contribution in [-0.2, 0) is 26.2 Å². The Kier molecular flexibility index (Phi) is 7.35. The Bertz CT molecular complexity index is 1220. The van der Waals surface area contributed by atoms with Crippen LogP contribution < -0.4 is 20.5 Å². The quantitative estimate of drug-likeness (QED) is 0.388. The number of sulfonamides is 1. The number of carbonyl (C=O) groups excluding carboxylic acids is 1. The van der Waals surface area contributed by atoms with Crippen molar-refractivity contribution in [2.24, 2.45) is 0 Å². The SMILES string of the molecule is COc1ccc(S(=O)(=O)N[C@@H](C)C(=O)OCc2nc(N)nc(Nc3ccc(F)cc3)n2)cc1. The first-order valence-corrected chi connectivity index (χ1v) is 11.0. The summed E-state index contributed by atoms with van der Waals surface area (Å²) in [5.74, 6) is -0.793. The minimum atomic E-state index is -3.97. The normalized spacial score (nSPS) is 12.1. The maximum Gasteiger partial charge on any atom is 0.324 e. The fourth-order valence-corrected chi connectivity index (χ4v) is 3.78. The van der Waals surface area contributed by atoms with E-state index in [9.17, 15) is 17.6 Å². The van der Waals surface area contributed by atoms with E-state index in [-0.39, 0.29) is 29.2 Å². The predicted molar refractivity (Wildman–Crippen MR) is 116 cm³/mol. The predicted octanol–water partition coefficient (Wildman–Crippen LogP) is 1.76. The lowest BCUT2D eigenvalue weighted by molar-refractivity contribution is -0.146. The Morgan fingerprint density at radius 2 is 1.76 bits per heavy atom. The summed E-state index contributed by atoms with van der Waals surface area (Å²) in [6.07, 6.45) is 0. The molecule has 0 saturated carbocycles. The summed E-state index contributed by atoms with van der Waals surface area (Å²) in [7, 11) is -2.51. The van der Waals surface area contributed by atoms with Gasteiger partial charge in [0.05, 0.1) is 12.0 Å². The zero-order valence-electron chi connectivity index (χ0n) is 17.6. The molecule has 2 aromatic carbocycles. The second-order valence-electron chi connectivity index (χ2n) is 6.69. The van der Waals surface area contributed by atoms with Crippen LogP contribution in [0.3, 0.4) is 0 Å². The highest BCUT2D eigenvalue weighted by Crippen LogP contribution is 2.16. The minimum absolute atomic E-state index is 0.0330. The Morgan fingerprint density at radius 1 is 1.09 bits per heavy atom. The van der Waals surface area contributed by atoms with Crippen LogP contribution in [0.5, 0.6) is 5.75 Å². The molecule has 13 heteroatoms. The monoisotopic (exact) mass is 476 g/mol. The molecule has 0 aliphatic heterocycles. The molecule has 0 bridgehead atoms. The topological polar surface area (TPSA) is 158 Å². The van der Waals surface area contributed by atoms with Crippen LogP contribution in [-0.4, -0.2) is 42.5 Å². The second-order valence-corrected chi connectivity index (χ2v) is 8.41. The van der Waals surface area contributed by atoms with Crippen LogP contribution in [0.1, 0.15) is 12.7 Å². The first kappa shape index (κ1) is 23.8. The number of hydrogen-bond donors (Lipinski definition) is 3. The molecule has 3 aromatic rings. The number of nitrogens with one attached hydrogen (secondary N) is 2. The van der Waals surface area contributed by atoms with E-state index in [2.05, 4.69) is 25.0 Å². The molecule has 0 amide bonds. The average Bonchev–Trinajstić information content (AvgIpc) is 2.78. The minimum Gasteiger partial charge on any atom is -0.497 e. The molecule has 0 unspecified atom stereocenters. The summed E-state index contributed by atoms with van der Waals surface area (Å²) in [5.41, 5.74) is 6.17. The molecule has 0 spiro atoms. The first-order valence-electron chi connectivity index (χ1n) is 9.52. The van der Waals surface area contributed by atoms with Gasteiger partial charge >= 0.3 is 5.97 Å². The van der Waals surface area contributed by atoms with Crippen LogP contribution in [0.15, 0.2) is 53.4 Å². The van der Waals surface area contributed by atoms with Crippen molar-refractivity contribution < 1.29 is 27.1 Å². The van der Waals surface area contributed by atoms with Gasteiger partial charge in [-0.1, -0.05) is 0 Å². The highest BCUT2D eigenvalue weighted by molar-refractivity contribution is 7.89. The number of aromatic nitrogens is 3. The van der Waals surface area contributed by atoms with Crippen molar-refractivity contribution >= 4 is 33.6 Å². The summed E-state index contributed by atoms with van der Waals surface area (Å²) < 4.78 is 50.3. The number of anilines is 3. The van der Waals surface area contributed by atoms with Crippen LogP contribution in [0.25, 0.3) is 0 Å². The standard InChI is InChI=1S/C20H21FN6O5S/c1-12(27-33(29,30)16-9-7-15(31-2)8-10-16)18(28)32-11-17-24-19(22)26-20(25-17)23-14-5-3-13(21)4-6-14/h3-10,12,27H,11H2,1-2H3,(H3,22,23,24,25,26)/t12-/m0/s1. The summed E-state index contributed by atoms with van der Waals surface area (Å²) in [5, 5.41) is 2.83.